The molecule has 1 saturated heterocycles. The van der Waals surface area contributed by atoms with Gasteiger partial charge in [0.05, 0.1) is 41.1 Å². The Kier molecular flexibility index (Phi) is 6.66. The number of hydrogen-bond donors (Lipinski definition) is 1. The maximum absolute atomic E-state index is 13.4. The van der Waals surface area contributed by atoms with Crippen LogP contribution < -0.4 is 9.62 Å². The van der Waals surface area contributed by atoms with Crippen LogP contribution in [-0.4, -0.2) is 90.0 Å². The highest BCUT2D eigenvalue weighted by molar-refractivity contribution is 7.89. The molecule has 1 saturated carbocycles. The summed E-state index contributed by atoms with van der Waals surface area (Å²) in [6, 6.07) is 6.66. The number of benzene rings is 1. The number of fused-ring (bicyclic) bond motifs is 3. The molecule has 210 valence electrons. The molecule has 2 aliphatic rings. The van der Waals surface area contributed by atoms with Crippen molar-refractivity contribution in [2.45, 2.75) is 35.7 Å². The van der Waals surface area contributed by atoms with Crippen LogP contribution >= 0.6 is 11.3 Å². The molecule has 3 aromatic heterocycles. The van der Waals surface area contributed by atoms with Crippen molar-refractivity contribution < 1.29 is 21.9 Å². The quantitative estimate of drug-likeness (QED) is 0.326. The second kappa shape index (κ2) is 9.93. The van der Waals surface area contributed by atoms with Gasteiger partial charge in [-0.2, -0.15) is 9.98 Å². The molecule has 0 radical (unpaired) electrons. The number of aromatic nitrogens is 5. The third-order valence-electron chi connectivity index (χ3n) is 7.28. The van der Waals surface area contributed by atoms with Gasteiger partial charge in [-0.3, -0.25) is 9.47 Å². The topological polar surface area (TPSA) is 142 Å². The van der Waals surface area contributed by atoms with Crippen LogP contribution in [-0.2, 0) is 14.8 Å². The highest BCUT2D eigenvalue weighted by Crippen LogP contribution is 2.39. The summed E-state index contributed by atoms with van der Waals surface area (Å²) in [5.41, 5.74) is -0.358. The summed E-state index contributed by atoms with van der Waals surface area (Å²) in [5.74, 6) is 0.585. The van der Waals surface area contributed by atoms with E-state index in [-0.39, 0.29) is 16.1 Å². The lowest BCUT2D eigenvalue weighted by Gasteiger charge is -2.35. The molecule has 4 heterocycles. The van der Waals surface area contributed by atoms with E-state index in [0.717, 1.165) is 6.54 Å². The van der Waals surface area contributed by atoms with E-state index in [1.165, 1.54) is 23.0 Å². The third-order valence-corrected chi connectivity index (χ3v) is 9.73. The molecular weight excluding hydrogens is 564 g/mol. The van der Waals surface area contributed by atoms with Crippen molar-refractivity contribution in [1.29, 1.82) is 5.26 Å². The van der Waals surface area contributed by atoms with Crippen LogP contribution in [0.2, 0.25) is 0 Å². The summed E-state index contributed by atoms with van der Waals surface area (Å²) in [5, 5.41) is 17.9. The number of likely N-dealkylation sites (N-methyl/N-ethyl adjacent to an activating group) is 2. The number of halogens is 2. The number of nitrogens with one attached hydrogen (secondary N) is 1. The number of anilines is 1. The van der Waals surface area contributed by atoms with Gasteiger partial charge in [-0.05, 0) is 32.0 Å². The van der Waals surface area contributed by atoms with E-state index < -0.39 is 27.0 Å². The molecule has 1 N–H and O–H groups in total. The second-order valence-electron chi connectivity index (χ2n) is 10.0. The standard InChI is InChI=1S/C24H25F2N9O3S2/c1-33-7-8-38-11-14(33)10-34(2)20-18-16-4-3-15(40(36,37)32-24(12-27)5-6-24)9-17(16)35(21(18)29-13-28-20)23-31-30-22(39-23)19(25)26/h3-4,9,13-14,19,32H,5-8,10-11H2,1-2H3/t14-/m1/s1. The Balaban J connectivity index is 1.52. The predicted molar refractivity (Wildman–Crippen MR) is 143 cm³/mol. The Morgan fingerprint density at radius 3 is 2.80 bits per heavy atom. The van der Waals surface area contributed by atoms with Gasteiger partial charge in [-0.25, -0.2) is 27.2 Å². The van der Waals surface area contributed by atoms with Gasteiger partial charge in [0.25, 0.3) is 6.43 Å². The van der Waals surface area contributed by atoms with Crippen LogP contribution in [0.3, 0.4) is 0 Å². The van der Waals surface area contributed by atoms with E-state index in [9.17, 15) is 22.5 Å². The van der Waals surface area contributed by atoms with E-state index >= 15 is 0 Å². The summed E-state index contributed by atoms with van der Waals surface area (Å²) in [6.45, 7) is 2.63. The van der Waals surface area contributed by atoms with Crippen LogP contribution in [0.1, 0.15) is 24.3 Å². The second-order valence-corrected chi connectivity index (χ2v) is 12.7. The highest BCUT2D eigenvalue weighted by atomic mass is 32.2. The predicted octanol–water partition coefficient (Wildman–Crippen LogP) is 2.46. The van der Waals surface area contributed by atoms with E-state index in [2.05, 4.69) is 29.8 Å². The lowest BCUT2D eigenvalue weighted by atomic mass is 10.2. The van der Waals surface area contributed by atoms with Crippen molar-refractivity contribution in [2.75, 3.05) is 45.3 Å². The summed E-state index contributed by atoms with van der Waals surface area (Å²) in [7, 11) is -0.130. The zero-order valence-electron chi connectivity index (χ0n) is 21.6. The third kappa shape index (κ3) is 4.67. The maximum atomic E-state index is 13.4. The van der Waals surface area contributed by atoms with Crippen molar-refractivity contribution in [1.82, 2.24) is 34.4 Å². The number of rotatable bonds is 8. The highest BCUT2D eigenvalue weighted by Gasteiger charge is 2.47. The van der Waals surface area contributed by atoms with Crippen LogP contribution in [0, 0.1) is 11.3 Å². The molecule has 16 heteroatoms. The molecule has 1 aliphatic heterocycles. The normalized spacial score (nSPS) is 19.4. The Labute approximate surface area is 232 Å². The minimum atomic E-state index is -4.06. The number of sulfonamides is 1. The number of nitrogens with zero attached hydrogens (tertiary/aromatic N) is 8. The lowest BCUT2D eigenvalue weighted by Crippen LogP contribution is -2.48. The Morgan fingerprint density at radius 1 is 1.32 bits per heavy atom. The average molecular weight is 590 g/mol. The fourth-order valence-corrected chi connectivity index (χ4v) is 6.98. The first-order valence-corrected chi connectivity index (χ1v) is 14.8. The molecule has 6 rings (SSSR count). The summed E-state index contributed by atoms with van der Waals surface area (Å²) < 4.78 is 63.0. The Bertz CT molecular complexity index is 1750. The molecular formula is C24H25F2N9O3S2. The minimum Gasteiger partial charge on any atom is -0.378 e. The monoisotopic (exact) mass is 589 g/mol. The number of alkyl halides is 2. The van der Waals surface area contributed by atoms with Crippen LogP contribution in [0.15, 0.2) is 29.4 Å². The zero-order chi connectivity index (χ0) is 28.2. The zero-order valence-corrected chi connectivity index (χ0v) is 23.2. The molecule has 0 bridgehead atoms. The van der Waals surface area contributed by atoms with Gasteiger partial charge in [0.2, 0.25) is 15.2 Å². The number of ether oxygens (including phenoxy) is 1. The fraction of sp³-hybridized carbons (Fsp3) is 0.458. The van der Waals surface area contributed by atoms with Gasteiger partial charge in [0, 0.05) is 25.5 Å². The molecule has 12 nitrogen and oxygen atoms in total. The van der Waals surface area contributed by atoms with Crippen molar-refractivity contribution in [2.24, 2.45) is 0 Å². The van der Waals surface area contributed by atoms with Crippen LogP contribution in [0.25, 0.3) is 27.1 Å². The maximum Gasteiger partial charge on any atom is 0.291 e. The van der Waals surface area contributed by atoms with E-state index in [0.29, 0.717) is 71.7 Å². The number of hydrogen-bond acceptors (Lipinski definition) is 11. The average Bonchev–Trinajstić information content (AvgIpc) is 3.37. The molecule has 0 amide bonds. The van der Waals surface area contributed by atoms with Gasteiger partial charge < -0.3 is 9.64 Å². The van der Waals surface area contributed by atoms with Crippen LogP contribution in [0.5, 0.6) is 0 Å². The van der Waals surface area contributed by atoms with Gasteiger partial charge in [0.1, 0.15) is 17.7 Å². The number of morpholine rings is 1. The van der Waals surface area contributed by atoms with E-state index in [4.69, 9.17) is 4.74 Å². The van der Waals surface area contributed by atoms with Gasteiger partial charge in [-0.15, -0.1) is 10.2 Å². The van der Waals surface area contributed by atoms with Crippen molar-refractivity contribution in [3.63, 3.8) is 0 Å². The number of nitriles is 1. The van der Waals surface area contributed by atoms with E-state index in [1.54, 1.807) is 6.07 Å². The first-order chi connectivity index (χ1) is 19.1. The largest absolute Gasteiger partial charge is 0.378 e. The molecule has 4 aromatic rings. The van der Waals surface area contributed by atoms with Gasteiger partial charge in [-0.1, -0.05) is 17.4 Å². The van der Waals surface area contributed by atoms with Crippen LogP contribution in [0.4, 0.5) is 14.6 Å². The molecule has 1 aromatic carbocycles. The smallest absolute Gasteiger partial charge is 0.291 e. The van der Waals surface area contributed by atoms with E-state index in [1.807, 2.05) is 25.1 Å². The summed E-state index contributed by atoms with van der Waals surface area (Å²) >= 11 is 0.694. The van der Waals surface area contributed by atoms with Crippen molar-refractivity contribution >= 4 is 49.1 Å². The summed E-state index contributed by atoms with van der Waals surface area (Å²) in [4.78, 5) is 13.1. The SMILES string of the molecule is CN(C[C@@H]1COCCN1C)c1ncnc2c1c1ccc(S(=O)(=O)NC3(C#N)CC3)cc1n2-c1nnc(C(F)F)s1. The molecule has 0 unspecified atom stereocenters. The van der Waals surface area contributed by atoms with Crippen molar-refractivity contribution in [3.05, 3.63) is 29.5 Å². The first kappa shape index (κ1) is 26.8. The molecule has 2 fully saturated rings. The Morgan fingerprint density at radius 2 is 2.12 bits per heavy atom. The summed E-state index contributed by atoms with van der Waals surface area (Å²) in [6.07, 6.45) is -0.577. The first-order valence-electron chi connectivity index (χ1n) is 12.5. The minimum absolute atomic E-state index is 0.0759. The molecule has 40 heavy (non-hydrogen) atoms. The fourth-order valence-electron chi connectivity index (χ4n) is 4.87. The molecule has 1 atom stereocenters. The molecule has 1 aliphatic carbocycles. The molecule has 0 spiro atoms. The Hall–Kier alpha value is -3.36. The van der Waals surface area contributed by atoms with Gasteiger partial charge >= 0.3 is 0 Å². The lowest BCUT2D eigenvalue weighted by molar-refractivity contribution is 0.00910. The van der Waals surface area contributed by atoms with Gasteiger partial charge in [0.15, 0.2) is 10.7 Å². The van der Waals surface area contributed by atoms with Crippen molar-refractivity contribution in [3.8, 4) is 11.2 Å².